The SMILES string of the molecule is CCOC(=O)c1c(C(=O)OC(C)(C)C)[nH]c(C(=O)O)c1C. The summed E-state index contributed by atoms with van der Waals surface area (Å²) in [6, 6.07) is 0. The van der Waals surface area contributed by atoms with E-state index in [1.54, 1.807) is 27.7 Å². The van der Waals surface area contributed by atoms with Crippen LogP contribution in [0.25, 0.3) is 0 Å². The fourth-order valence-electron chi connectivity index (χ4n) is 1.75. The molecule has 0 aromatic carbocycles. The zero-order chi connectivity index (χ0) is 16.4. The number of carboxylic acid groups (broad SMARTS) is 1. The first-order valence-corrected chi connectivity index (χ1v) is 6.44. The molecule has 7 heteroatoms. The average molecular weight is 297 g/mol. The van der Waals surface area contributed by atoms with Gasteiger partial charge in [-0.25, -0.2) is 14.4 Å². The van der Waals surface area contributed by atoms with Gasteiger partial charge in [0, 0.05) is 0 Å². The molecule has 0 spiro atoms. The molecule has 0 saturated heterocycles. The second-order valence-electron chi connectivity index (χ2n) is 5.40. The van der Waals surface area contributed by atoms with Gasteiger partial charge in [0.1, 0.15) is 17.0 Å². The molecule has 0 aliphatic rings. The Labute approximate surface area is 122 Å². The van der Waals surface area contributed by atoms with Crippen LogP contribution < -0.4 is 0 Å². The van der Waals surface area contributed by atoms with Crippen LogP contribution in [0.5, 0.6) is 0 Å². The Balaban J connectivity index is 3.36. The Kier molecular flexibility index (Phi) is 4.77. The fraction of sp³-hybridized carbons (Fsp3) is 0.500. The predicted octanol–water partition coefficient (Wildman–Crippen LogP) is 2.15. The molecule has 1 aromatic rings. The Hall–Kier alpha value is -2.31. The number of carbonyl (C=O) groups is 3. The van der Waals surface area contributed by atoms with Crippen molar-refractivity contribution in [3.8, 4) is 0 Å². The van der Waals surface area contributed by atoms with Crippen molar-refractivity contribution >= 4 is 17.9 Å². The molecule has 0 radical (unpaired) electrons. The minimum atomic E-state index is -1.27. The van der Waals surface area contributed by atoms with Crippen LogP contribution in [-0.2, 0) is 9.47 Å². The summed E-state index contributed by atoms with van der Waals surface area (Å²) >= 11 is 0. The van der Waals surface area contributed by atoms with Gasteiger partial charge in [-0.3, -0.25) is 0 Å². The van der Waals surface area contributed by atoms with Crippen molar-refractivity contribution in [1.82, 2.24) is 4.98 Å². The molecule has 2 N–H and O–H groups in total. The third-order valence-corrected chi connectivity index (χ3v) is 2.55. The van der Waals surface area contributed by atoms with Gasteiger partial charge in [0.25, 0.3) is 0 Å². The molecule has 7 nitrogen and oxygen atoms in total. The third-order valence-electron chi connectivity index (χ3n) is 2.55. The van der Waals surface area contributed by atoms with Crippen molar-refractivity contribution in [3.63, 3.8) is 0 Å². The molecule has 0 aliphatic carbocycles. The number of nitrogens with one attached hydrogen (secondary N) is 1. The Morgan fingerprint density at radius 1 is 1.14 bits per heavy atom. The summed E-state index contributed by atoms with van der Waals surface area (Å²) in [6.45, 7) is 8.17. The van der Waals surface area contributed by atoms with Crippen molar-refractivity contribution in [2.24, 2.45) is 0 Å². The maximum atomic E-state index is 12.1. The highest BCUT2D eigenvalue weighted by Gasteiger charge is 2.30. The third kappa shape index (κ3) is 3.84. The van der Waals surface area contributed by atoms with Crippen molar-refractivity contribution in [3.05, 3.63) is 22.5 Å². The molecule has 0 fully saturated rings. The normalized spacial score (nSPS) is 11.1. The van der Waals surface area contributed by atoms with Crippen LogP contribution >= 0.6 is 0 Å². The monoisotopic (exact) mass is 297 g/mol. The number of ether oxygens (including phenoxy) is 2. The quantitative estimate of drug-likeness (QED) is 0.825. The molecule has 1 heterocycles. The average Bonchev–Trinajstić information content (AvgIpc) is 2.65. The van der Waals surface area contributed by atoms with Crippen LogP contribution in [0.1, 0.15) is 64.6 Å². The van der Waals surface area contributed by atoms with E-state index < -0.39 is 23.5 Å². The summed E-state index contributed by atoms with van der Waals surface area (Å²) in [7, 11) is 0. The standard InChI is InChI=1S/C14H19NO6/c1-6-20-12(18)8-7(2)9(11(16)17)15-10(8)13(19)21-14(3,4)5/h15H,6H2,1-5H3,(H,16,17). The molecule has 0 unspecified atom stereocenters. The first kappa shape index (κ1) is 16.7. The lowest BCUT2D eigenvalue weighted by molar-refractivity contribution is 0.00583. The number of aromatic carboxylic acids is 1. The molecule has 21 heavy (non-hydrogen) atoms. The molecular weight excluding hydrogens is 278 g/mol. The summed E-state index contributed by atoms with van der Waals surface area (Å²) in [4.78, 5) is 37.6. The van der Waals surface area contributed by atoms with Crippen LogP contribution in [0.2, 0.25) is 0 Å². The lowest BCUT2D eigenvalue weighted by Gasteiger charge is -2.19. The van der Waals surface area contributed by atoms with E-state index in [0.29, 0.717) is 0 Å². The molecular formula is C14H19NO6. The van der Waals surface area contributed by atoms with Crippen LogP contribution in [-0.4, -0.2) is 40.2 Å². The lowest BCUT2D eigenvalue weighted by atomic mass is 10.1. The van der Waals surface area contributed by atoms with Crippen LogP contribution in [0.3, 0.4) is 0 Å². The van der Waals surface area contributed by atoms with E-state index in [2.05, 4.69) is 4.98 Å². The lowest BCUT2D eigenvalue weighted by Crippen LogP contribution is -2.25. The smallest absolute Gasteiger partial charge is 0.356 e. The highest BCUT2D eigenvalue weighted by Crippen LogP contribution is 2.22. The van der Waals surface area contributed by atoms with E-state index >= 15 is 0 Å². The van der Waals surface area contributed by atoms with E-state index in [4.69, 9.17) is 14.6 Å². The van der Waals surface area contributed by atoms with Gasteiger partial charge < -0.3 is 19.6 Å². The first-order chi connectivity index (χ1) is 9.58. The summed E-state index contributed by atoms with van der Waals surface area (Å²) in [5, 5.41) is 9.09. The predicted molar refractivity (Wildman–Crippen MR) is 73.6 cm³/mol. The minimum absolute atomic E-state index is 0.108. The number of carbonyl (C=O) groups excluding carboxylic acids is 2. The molecule has 116 valence electrons. The van der Waals surface area contributed by atoms with Gasteiger partial charge in [-0.2, -0.15) is 0 Å². The Bertz CT molecular complexity index is 579. The van der Waals surface area contributed by atoms with Gasteiger partial charge in [-0.05, 0) is 40.2 Å². The van der Waals surface area contributed by atoms with E-state index in [1.807, 2.05) is 0 Å². The molecule has 0 atom stereocenters. The number of hydrogen-bond donors (Lipinski definition) is 2. The van der Waals surface area contributed by atoms with Gasteiger partial charge in [-0.1, -0.05) is 0 Å². The van der Waals surface area contributed by atoms with Crippen LogP contribution in [0.4, 0.5) is 0 Å². The topological polar surface area (TPSA) is 106 Å². The van der Waals surface area contributed by atoms with Crippen molar-refractivity contribution in [2.45, 2.75) is 40.2 Å². The van der Waals surface area contributed by atoms with Crippen LogP contribution in [0, 0.1) is 6.92 Å². The molecule has 0 amide bonds. The number of rotatable bonds is 4. The number of hydrogen-bond acceptors (Lipinski definition) is 5. The summed E-state index contributed by atoms with van der Waals surface area (Å²) in [5.74, 6) is -2.84. The molecule has 1 rings (SSSR count). The largest absolute Gasteiger partial charge is 0.477 e. The Morgan fingerprint density at radius 2 is 1.71 bits per heavy atom. The van der Waals surface area contributed by atoms with Gasteiger partial charge in [0.05, 0.1) is 12.2 Å². The van der Waals surface area contributed by atoms with Crippen LogP contribution in [0.15, 0.2) is 0 Å². The fourth-order valence-corrected chi connectivity index (χ4v) is 1.75. The zero-order valence-electron chi connectivity index (χ0n) is 12.7. The maximum absolute atomic E-state index is 12.1. The van der Waals surface area contributed by atoms with Gasteiger partial charge in [0.15, 0.2) is 0 Å². The zero-order valence-corrected chi connectivity index (χ0v) is 12.7. The second kappa shape index (κ2) is 5.99. The number of aromatic nitrogens is 1. The number of H-pyrrole nitrogens is 1. The number of esters is 2. The Morgan fingerprint density at radius 3 is 2.14 bits per heavy atom. The number of aromatic amines is 1. The summed E-state index contributed by atoms with van der Waals surface area (Å²) in [5.41, 5.74) is -1.19. The summed E-state index contributed by atoms with van der Waals surface area (Å²) in [6.07, 6.45) is 0. The highest BCUT2D eigenvalue weighted by molar-refractivity contribution is 6.06. The van der Waals surface area contributed by atoms with Gasteiger partial charge >= 0.3 is 17.9 Å². The van der Waals surface area contributed by atoms with Crippen molar-refractivity contribution < 1.29 is 29.0 Å². The molecule has 0 bridgehead atoms. The molecule has 1 aromatic heterocycles. The van der Waals surface area contributed by atoms with E-state index in [-0.39, 0.29) is 29.1 Å². The van der Waals surface area contributed by atoms with Gasteiger partial charge in [-0.15, -0.1) is 0 Å². The van der Waals surface area contributed by atoms with Crippen molar-refractivity contribution in [2.75, 3.05) is 6.61 Å². The maximum Gasteiger partial charge on any atom is 0.356 e. The molecule has 0 saturated carbocycles. The molecule has 0 aliphatic heterocycles. The first-order valence-electron chi connectivity index (χ1n) is 6.44. The van der Waals surface area contributed by atoms with E-state index in [0.717, 1.165) is 0 Å². The second-order valence-corrected chi connectivity index (χ2v) is 5.40. The van der Waals surface area contributed by atoms with E-state index in [1.165, 1.54) is 6.92 Å². The highest BCUT2D eigenvalue weighted by atomic mass is 16.6. The van der Waals surface area contributed by atoms with Crippen molar-refractivity contribution in [1.29, 1.82) is 0 Å². The van der Waals surface area contributed by atoms with E-state index in [9.17, 15) is 14.4 Å². The minimum Gasteiger partial charge on any atom is -0.477 e. The number of carboxylic acids is 1. The summed E-state index contributed by atoms with van der Waals surface area (Å²) < 4.78 is 10.0. The van der Waals surface area contributed by atoms with Gasteiger partial charge in [0.2, 0.25) is 0 Å².